The third-order valence-electron chi connectivity index (χ3n) is 4.04. The van der Waals surface area contributed by atoms with Gasteiger partial charge >= 0.3 is 5.69 Å². The fourth-order valence-corrected chi connectivity index (χ4v) is 2.97. The number of carbonyl (C=O) groups is 1. The average Bonchev–Trinajstić information content (AvgIpc) is 2.99. The number of amides is 1. The molecule has 0 saturated carbocycles. The molecule has 2 N–H and O–H groups in total. The Morgan fingerprint density at radius 3 is 2.46 bits per heavy atom. The van der Waals surface area contributed by atoms with E-state index in [-0.39, 0.29) is 12.5 Å². The number of aromatic nitrogens is 4. The molecule has 0 spiro atoms. The van der Waals surface area contributed by atoms with Crippen LogP contribution < -0.4 is 17.0 Å². The monoisotopic (exact) mass is 355 g/mol. The normalized spacial score (nSPS) is 11.3. The zero-order valence-electron chi connectivity index (χ0n) is 14.8. The maximum Gasteiger partial charge on any atom is 0.333 e. The van der Waals surface area contributed by atoms with Gasteiger partial charge in [-0.05, 0) is 11.5 Å². The zero-order chi connectivity index (χ0) is 18.8. The first-order chi connectivity index (χ1) is 12.4. The molecule has 3 rings (SSSR count). The smallest absolute Gasteiger partial charge is 0.333 e. The van der Waals surface area contributed by atoms with Gasteiger partial charge in [0.05, 0.1) is 12.9 Å². The summed E-state index contributed by atoms with van der Waals surface area (Å²) >= 11 is 0. The minimum Gasteiger partial charge on any atom is -0.368 e. The van der Waals surface area contributed by atoms with Gasteiger partial charge in [0.2, 0.25) is 5.91 Å². The number of rotatable bonds is 6. The van der Waals surface area contributed by atoms with Crippen LogP contribution in [-0.4, -0.2) is 24.6 Å². The van der Waals surface area contributed by atoms with Crippen molar-refractivity contribution in [3.63, 3.8) is 0 Å². The van der Waals surface area contributed by atoms with Crippen LogP contribution in [0.3, 0.4) is 0 Å². The second-order valence-corrected chi connectivity index (χ2v) is 6.67. The van der Waals surface area contributed by atoms with E-state index < -0.39 is 23.7 Å². The molecular formula is C18H21N5O3. The summed E-state index contributed by atoms with van der Waals surface area (Å²) in [5, 5.41) is 0. The molecule has 0 saturated heterocycles. The van der Waals surface area contributed by atoms with Crippen molar-refractivity contribution in [2.24, 2.45) is 11.7 Å². The van der Waals surface area contributed by atoms with Crippen LogP contribution in [0.1, 0.15) is 19.4 Å². The van der Waals surface area contributed by atoms with E-state index in [2.05, 4.69) is 4.98 Å². The molecule has 0 fully saturated rings. The van der Waals surface area contributed by atoms with E-state index >= 15 is 0 Å². The lowest BCUT2D eigenvalue weighted by atomic mass is 10.2. The number of primary amides is 1. The summed E-state index contributed by atoms with van der Waals surface area (Å²) in [6.45, 7) is 4.40. The van der Waals surface area contributed by atoms with Crippen LogP contribution >= 0.6 is 0 Å². The molecule has 2 aromatic heterocycles. The van der Waals surface area contributed by atoms with Crippen LogP contribution in [0, 0.1) is 5.92 Å². The Labute approximate surface area is 149 Å². The van der Waals surface area contributed by atoms with Gasteiger partial charge in [-0.1, -0.05) is 44.2 Å². The quantitative estimate of drug-likeness (QED) is 0.697. The molecule has 2 heterocycles. The molecule has 0 aliphatic heterocycles. The van der Waals surface area contributed by atoms with E-state index in [1.54, 1.807) is 10.9 Å². The van der Waals surface area contributed by atoms with Gasteiger partial charge in [-0.2, -0.15) is 0 Å². The summed E-state index contributed by atoms with van der Waals surface area (Å²) in [6.07, 6.45) is 1.56. The molecule has 1 aromatic carbocycles. The van der Waals surface area contributed by atoms with Crippen LogP contribution in [0.25, 0.3) is 11.2 Å². The molecule has 8 heteroatoms. The number of hydrogen-bond acceptors (Lipinski definition) is 4. The van der Waals surface area contributed by atoms with Crippen LogP contribution in [0.5, 0.6) is 0 Å². The molecule has 0 radical (unpaired) electrons. The highest BCUT2D eigenvalue weighted by Gasteiger charge is 2.19. The molecule has 3 aromatic rings. The van der Waals surface area contributed by atoms with Crippen molar-refractivity contribution in [2.45, 2.75) is 33.5 Å². The fourth-order valence-electron chi connectivity index (χ4n) is 2.97. The molecule has 0 atom stereocenters. The Morgan fingerprint density at radius 1 is 1.15 bits per heavy atom. The first-order valence-electron chi connectivity index (χ1n) is 8.39. The summed E-state index contributed by atoms with van der Waals surface area (Å²) < 4.78 is 4.01. The van der Waals surface area contributed by atoms with Crippen molar-refractivity contribution in [3.05, 3.63) is 63.1 Å². The molecule has 26 heavy (non-hydrogen) atoms. The molecule has 0 aliphatic rings. The fraction of sp³-hybridized carbons (Fsp3) is 0.333. The molecule has 136 valence electrons. The molecule has 1 amide bonds. The number of imidazole rings is 1. The molecule has 0 unspecified atom stereocenters. The van der Waals surface area contributed by atoms with E-state index in [1.165, 1.54) is 4.57 Å². The number of fused-ring (bicyclic) bond motifs is 1. The molecule has 8 nitrogen and oxygen atoms in total. The Hall–Kier alpha value is -3.16. The Morgan fingerprint density at radius 2 is 1.85 bits per heavy atom. The number of nitrogens with zero attached hydrogens (tertiary/aromatic N) is 4. The number of benzene rings is 1. The lowest BCUT2D eigenvalue weighted by Crippen LogP contribution is -2.43. The number of nitrogens with two attached hydrogens (primary N) is 1. The maximum atomic E-state index is 12.8. The zero-order valence-corrected chi connectivity index (χ0v) is 14.8. The van der Waals surface area contributed by atoms with Gasteiger partial charge in [-0.25, -0.2) is 14.3 Å². The van der Waals surface area contributed by atoms with Gasteiger partial charge in [-0.3, -0.25) is 14.2 Å². The highest BCUT2D eigenvalue weighted by molar-refractivity contribution is 5.75. The van der Waals surface area contributed by atoms with Crippen molar-refractivity contribution in [1.82, 2.24) is 18.7 Å². The second kappa shape index (κ2) is 6.99. The van der Waals surface area contributed by atoms with Gasteiger partial charge in [-0.15, -0.1) is 0 Å². The lowest BCUT2D eigenvalue weighted by Gasteiger charge is -2.12. The predicted molar refractivity (Wildman–Crippen MR) is 97.8 cm³/mol. The van der Waals surface area contributed by atoms with Gasteiger partial charge in [0, 0.05) is 6.54 Å². The van der Waals surface area contributed by atoms with Crippen LogP contribution in [0.15, 0.2) is 46.2 Å². The Kier molecular flexibility index (Phi) is 4.75. The molecule has 0 bridgehead atoms. The van der Waals surface area contributed by atoms with Crippen molar-refractivity contribution in [2.75, 3.05) is 0 Å². The van der Waals surface area contributed by atoms with E-state index in [9.17, 15) is 14.4 Å². The van der Waals surface area contributed by atoms with Crippen molar-refractivity contribution < 1.29 is 4.79 Å². The van der Waals surface area contributed by atoms with Gasteiger partial charge in [0.25, 0.3) is 5.56 Å². The highest BCUT2D eigenvalue weighted by Crippen LogP contribution is 2.11. The lowest BCUT2D eigenvalue weighted by molar-refractivity contribution is -0.118. The average molecular weight is 355 g/mol. The van der Waals surface area contributed by atoms with Gasteiger partial charge in [0.1, 0.15) is 6.54 Å². The van der Waals surface area contributed by atoms with Gasteiger partial charge < -0.3 is 10.3 Å². The SMILES string of the molecule is CC(C)Cn1cnc2c1c(=O)n(CC(N)=O)c(=O)n2Cc1ccccc1. The van der Waals surface area contributed by atoms with Crippen LogP contribution in [0.4, 0.5) is 0 Å². The van der Waals surface area contributed by atoms with Crippen molar-refractivity contribution >= 4 is 17.1 Å². The number of carbonyl (C=O) groups excluding carboxylic acids is 1. The molecular weight excluding hydrogens is 334 g/mol. The Bertz CT molecular complexity index is 1060. The standard InChI is InChI=1S/C18H21N5O3/c1-12(2)8-21-11-20-16-15(21)17(25)23(10-14(19)24)18(26)22(16)9-13-6-4-3-5-7-13/h3-7,11-12H,8-10H2,1-2H3,(H2,19,24). The summed E-state index contributed by atoms with van der Waals surface area (Å²) in [5.41, 5.74) is 5.59. The van der Waals surface area contributed by atoms with E-state index in [0.717, 1.165) is 10.1 Å². The van der Waals surface area contributed by atoms with E-state index in [1.807, 2.05) is 44.2 Å². The van der Waals surface area contributed by atoms with E-state index in [0.29, 0.717) is 17.7 Å². The van der Waals surface area contributed by atoms with Crippen LogP contribution in [0.2, 0.25) is 0 Å². The first kappa shape index (κ1) is 17.7. The van der Waals surface area contributed by atoms with Crippen LogP contribution in [-0.2, 0) is 24.4 Å². The van der Waals surface area contributed by atoms with E-state index in [4.69, 9.17) is 5.73 Å². The first-order valence-corrected chi connectivity index (χ1v) is 8.39. The van der Waals surface area contributed by atoms with Crippen molar-refractivity contribution in [1.29, 1.82) is 0 Å². The third kappa shape index (κ3) is 3.30. The summed E-state index contributed by atoms with van der Waals surface area (Å²) in [4.78, 5) is 41.4. The summed E-state index contributed by atoms with van der Waals surface area (Å²) in [7, 11) is 0. The minimum atomic E-state index is -0.746. The second-order valence-electron chi connectivity index (χ2n) is 6.67. The summed E-state index contributed by atoms with van der Waals surface area (Å²) in [5.74, 6) is -0.462. The Balaban J connectivity index is 2.28. The topological polar surface area (TPSA) is 105 Å². The highest BCUT2D eigenvalue weighted by atomic mass is 16.2. The largest absolute Gasteiger partial charge is 0.368 e. The maximum absolute atomic E-state index is 12.8. The van der Waals surface area contributed by atoms with Crippen molar-refractivity contribution in [3.8, 4) is 0 Å². The third-order valence-corrected chi connectivity index (χ3v) is 4.04. The number of hydrogen-bond donors (Lipinski definition) is 1. The predicted octanol–water partition coefficient (Wildman–Crippen LogP) is 0.549. The molecule has 0 aliphatic carbocycles. The van der Waals surface area contributed by atoms with Gasteiger partial charge in [0.15, 0.2) is 11.2 Å². The summed E-state index contributed by atoms with van der Waals surface area (Å²) in [6, 6.07) is 9.38. The minimum absolute atomic E-state index is 0.244.